The fourth-order valence-corrected chi connectivity index (χ4v) is 4.91. The molecule has 3 atom stereocenters. The third kappa shape index (κ3) is 8.66. The Bertz CT molecular complexity index is 1140. The van der Waals surface area contributed by atoms with Crippen molar-refractivity contribution in [2.75, 3.05) is 19.6 Å². The molecule has 1 unspecified atom stereocenters. The van der Waals surface area contributed by atoms with Gasteiger partial charge in [0.15, 0.2) is 0 Å². The van der Waals surface area contributed by atoms with Crippen LogP contribution in [-0.2, 0) is 25.6 Å². The van der Waals surface area contributed by atoms with Crippen LogP contribution in [0.15, 0.2) is 42.5 Å². The third-order valence-electron chi connectivity index (χ3n) is 7.20. The summed E-state index contributed by atoms with van der Waals surface area (Å²) in [5.41, 5.74) is 6.47. The first-order valence-electron chi connectivity index (χ1n) is 13.6. The molecule has 1 aliphatic rings. The van der Waals surface area contributed by atoms with Crippen LogP contribution in [0, 0.1) is 5.92 Å². The Labute approximate surface area is 237 Å². The van der Waals surface area contributed by atoms with Crippen LogP contribution in [0.4, 0.5) is 0 Å². The van der Waals surface area contributed by atoms with Crippen molar-refractivity contribution >= 4 is 46.8 Å². The largest absolute Gasteiger partial charge is 0.353 e. The molecule has 39 heavy (non-hydrogen) atoms. The van der Waals surface area contributed by atoms with Gasteiger partial charge < -0.3 is 26.6 Å². The van der Waals surface area contributed by atoms with Gasteiger partial charge in [0, 0.05) is 32.0 Å². The number of likely N-dealkylation sites (tertiary alicyclic amines) is 1. The SMILES string of the molecule is CCC(CC)C(=O)N1CCCC1C(=O)N[C@H](Cc1ccc2ccccc2c1)C(=O)NCCNC(=O)[C@@H](C)N.Cl. The summed E-state index contributed by atoms with van der Waals surface area (Å²) in [5.74, 6) is -1.06. The number of halogens is 1. The Morgan fingerprint density at radius 1 is 0.974 bits per heavy atom. The molecule has 5 N–H and O–H groups in total. The number of rotatable bonds is 12. The monoisotopic (exact) mass is 559 g/mol. The second-order valence-corrected chi connectivity index (χ2v) is 10.0. The van der Waals surface area contributed by atoms with Gasteiger partial charge in [0.05, 0.1) is 6.04 Å². The van der Waals surface area contributed by atoms with Crippen molar-refractivity contribution in [2.45, 2.75) is 71.0 Å². The number of hydrogen-bond donors (Lipinski definition) is 4. The van der Waals surface area contributed by atoms with E-state index >= 15 is 0 Å². The molecule has 2 aromatic rings. The summed E-state index contributed by atoms with van der Waals surface area (Å²) in [6.45, 7) is 6.53. The molecule has 3 rings (SSSR count). The number of nitrogens with one attached hydrogen (secondary N) is 3. The van der Waals surface area contributed by atoms with E-state index in [0.717, 1.165) is 35.6 Å². The summed E-state index contributed by atoms with van der Waals surface area (Å²) in [4.78, 5) is 53.1. The van der Waals surface area contributed by atoms with E-state index in [2.05, 4.69) is 16.0 Å². The molecule has 1 saturated heterocycles. The zero-order valence-electron chi connectivity index (χ0n) is 23.1. The number of benzene rings is 2. The van der Waals surface area contributed by atoms with Gasteiger partial charge in [-0.2, -0.15) is 0 Å². The van der Waals surface area contributed by atoms with Gasteiger partial charge in [-0.3, -0.25) is 19.2 Å². The fourth-order valence-electron chi connectivity index (χ4n) is 4.91. The minimum absolute atomic E-state index is 0. The highest BCUT2D eigenvalue weighted by molar-refractivity contribution is 5.93. The standard InChI is InChI=1S/C29H41N5O4.ClH/c1-4-21(5-2)29(38)34-16-8-11-25(34)28(37)33-24(27(36)32-15-14-31-26(35)19(3)30)18-20-12-13-22-9-6-7-10-23(22)17-20;/h6-7,9-10,12-13,17,19,21,24-25H,4-5,8,11,14-16,18,30H2,1-3H3,(H,31,35)(H,32,36)(H,33,37);1H/t19-,24-,25?;/m1./s1. The van der Waals surface area contributed by atoms with Crippen LogP contribution in [0.1, 0.15) is 52.0 Å². The van der Waals surface area contributed by atoms with E-state index < -0.39 is 18.1 Å². The number of nitrogens with two attached hydrogens (primary N) is 1. The number of nitrogens with zero attached hydrogens (tertiary/aromatic N) is 1. The summed E-state index contributed by atoms with van der Waals surface area (Å²) >= 11 is 0. The van der Waals surface area contributed by atoms with Crippen molar-refractivity contribution in [3.05, 3.63) is 48.0 Å². The maximum Gasteiger partial charge on any atom is 0.243 e. The van der Waals surface area contributed by atoms with Crippen molar-refractivity contribution in [1.82, 2.24) is 20.9 Å². The van der Waals surface area contributed by atoms with Gasteiger partial charge in [-0.05, 0) is 48.9 Å². The molecule has 0 bridgehead atoms. The molecular weight excluding hydrogens is 518 g/mol. The molecule has 0 radical (unpaired) electrons. The Kier molecular flexibility index (Phi) is 12.7. The normalized spacial score (nSPS) is 16.3. The maximum atomic E-state index is 13.4. The highest BCUT2D eigenvalue weighted by Crippen LogP contribution is 2.23. The van der Waals surface area contributed by atoms with Gasteiger partial charge in [-0.1, -0.05) is 56.3 Å². The number of hydrogen-bond acceptors (Lipinski definition) is 5. The van der Waals surface area contributed by atoms with Gasteiger partial charge in [-0.25, -0.2) is 0 Å². The van der Waals surface area contributed by atoms with Crippen LogP contribution in [0.25, 0.3) is 10.8 Å². The number of amides is 4. The number of fused-ring (bicyclic) bond motifs is 1. The summed E-state index contributed by atoms with van der Waals surface area (Å²) in [7, 11) is 0. The van der Waals surface area contributed by atoms with Crippen molar-refractivity contribution in [3.63, 3.8) is 0 Å². The lowest BCUT2D eigenvalue weighted by molar-refractivity contribution is -0.142. The molecule has 9 nitrogen and oxygen atoms in total. The molecule has 1 heterocycles. The molecule has 0 saturated carbocycles. The van der Waals surface area contributed by atoms with Gasteiger partial charge in [-0.15, -0.1) is 12.4 Å². The summed E-state index contributed by atoms with van der Waals surface area (Å²) in [6.07, 6.45) is 3.08. The van der Waals surface area contributed by atoms with Crippen LogP contribution in [0.5, 0.6) is 0 Å². The molecule has 214 valence electrons. The Morgan fingerprint density at radius 3 is 2.26 bits per heavy atom. The molecule has 10 heteroatoms. The van der Waals surface area contributed by atoms with Crippen molar-refractivity contribution < 1.29 is 19.2 Å². The van der Waals surface area contributed by atoms with Crippen LogP contribution in [-0.4, -0.2) is 66.3 Å². The van der Waals surface area contributed by atoms with Crippen molar-refractivity contribution in [3.8, 4) is 0 Å². The smallest absolute Gasteiger partial charge is 0.243 e. The van der Waals surface area contributed by atoms with E-state index in [0.29, 0.717) is 19.4 Å². The summed E-state index contributed by atoms with van der Waals surface area (Å²) < 4.78 is 0. The van der Waals surface area contributed by atoms with E-state index in [-0.39, 0.29) is 55.0 Å². The molecule has 4 amide bonds. The predicted octanol–water partition coefficient (Wildman–Crippen LogP) is 2.30. The van der Waals surface area contributed by atoms with Crippen LogP contribution in [0.3, 0.4) is 0 Å². The lowest BCUT2D eigenvalue weighted by Crippen LogP contribution is -2.55. The van der Waals surface area contributed by atoms with Gasteiger partial charge in [0.1, 0.15) is 12.1 Å². The minimum Gasteiger partial charge on any atom is -0.353 e. The highest BCUT2D eigenvalue weighted by atomic mass is 35.5. The third-order valence-corrected chi connectivity index (χ3v) is 7.20. The number of carbonyl (C=O) groups excluding carboxylic acids is 4. The lowest BCUT2D eigenvalue weighted by Gasteiger charge is -2.29. The van der Waals surface area contributed by atoms with E-state index in [1.54, 1.807) is 11.8 Å². The van der Waals surface area contributed by atoms with Crippen LogP contribution >= 0.6 is 12.4 Å². The summed E-state index contributed by atoms with van der Waals surface area (Å²) in [6, 6.07) is 11.9. The quantitative estimate of drug-likeness (QED) is 0.296. The van der Waals surface area contributed by atoms with Gasteiger partial charge in [0.2, 0.25) is 23.6 Å². The first-order chi connectivity index (χ1) is 18.2. The molecule has 0 spiro atoms. The average molecular weight is 560 g/mol. The second-order valence-electron chi connectivity index (χ2n) is 10.0. The van der Waals surface area contributed by atoms with Crippen LogP contribution in [0.2, 0.25) is 0 Å². The topological polar surface area (TPSA) is 134 Å². The van der Waals surface area contributed by atoms with Crippen molar-refractivity contribution in [2.24, 2.45) is 11.7 Å². The molecule has 2 aromatic carbocycles. The first kappa shape index (κ1) is 32.0. The average Bonchev–Trinajstić information content (AvgIpc) is 3.41. The minimum atomic E-state index is -0.835. The highest BCUT2D eigenvalue weighted by Gasteiger charge is 2.37. The fraction of sp³-hybridized carbons (Fsp3) is 0.517. The van der Waals surface area contributed by atoms with E-state index in [4.69, 9.17) is 5.73 Å². The molecule has 0 aromatic heterocycles. The Morgan fingerprint density at radius 2 is 1.62 bits per heavy atom. The lowest BCUT2D eigenvalue weighted by atomic mass is 10.00. The van der Waals surface area contributed by atoms with Crippen molar-refractivity contribution in [1.29, 1.82) is 0 Å². The zero-order valence-corrected chi connectivity index (χ0v) is 23.9. The number of carbonyl (C=O) groups is 4. The first-order valence-corrected chi connectivity index (χ1v) is 13.6. The summed E-state index contributed by atoms with van der Waals surface area (Å²) in [5, 5.41) is 10.5. The molecule has 1 aliphatic heterocycles. The van der Waals surface area contributed by atoms with Crippen LogP contribution < -0.4 is 21.7 Å². The second kappa shape index (κ2) is 15.4. The van der Waals surface area contributed by atoms with E-state index in [1.165, 1.54) is 0 Å². The Balaban J connectivity index is 0.00000533. The maximum absolute atomic E-state index is 13.4. The van der Waals surface area contributed by atoms with Gasteiger partial charge >= 0.3 is 0 Å². The van der Waals surface area contributed by atoms with E-state index in [9.17, 15) is 19.2 Å². The molecule has 1 fully saturated rings. The Hall–Kier alpha value is -3.17. The molecule has 0 aliphatic carbocycles. The van der Waals surface area contributed by atoms with Gasteiger partial charge in [0.25, 0.3) is 0 Å². The predicted molar refractivity (Wildman–Crippen MR) is 155 cm³/mol. The van der Waals surface area contributed by atoms with E-state index in [1.807, 2.05) is 56.3 Å². The zero-order chi connectivity index (χ0) is 27.7. The molecular formula is C29H42ClN5O4.